The highest BCUT2D eigenvalue weighted by Gasteiger charge is 2.15. The van der Waals surface area contributed by atoms with Crippen molar-refractivity contribution in [1.82, 2.24) is 15.3 Å². The van der Waals surface area contributed by atoms with Crippen LogP contribution in [0.2, 0.25) is 0 Å². The van der Waals surface area contributed by atoms with E-state index in [0.717, 1.165) is 56.0 Å². The largest absolute Gasteiger partial charge is 0.451 e. The standard InChI is InChI=1S/C13H14FN3O.C9H5F2NO.C8H6F2O/c14-11-7-10(12-8-18-9-16-12)1-2-13(11)17-5-3-15-4-6-17;10-7-2-1-6(3-8(7)11)9-4-13-5-12-9;1-5(11)6-2-3-7(9)8(10)4-6/h1-2,7-9,15H,3-6H2;1-5H;2-4H,1H3. The quantitative estimate of drug-likeness (QED) is 0.186. The Morgan fingerprint density at radius 1 is 0.714 bits per heavy atom. The fourth-order valence-corrected chi connectivity index (χ4v) is 3.91. The van der Waals surface area contributed by atoms with Gasteiger partial charge in [0.25, 0.3) is 0 Å². The molecule has 3 heterocycles. The molecule has 218 valence electrons. The first-order chi connectivity index (χ1) is 20.2. The van der Waals surface area contributed by atoms with Crippen molar-refractivity contribution in [2.45, 2.75) is 6.92 Å². The van der Waals surface area contributed by atoms with Gasteiger partial charge in [-0.2, -0.15) is 0 Å². The molecule has 2 aromatic heterocycles. The maximum Gasteiger partial charge on any atom is 0.181 e. The molecule has 1 N–H and O–H groups in total. The highest BCUT2D eigenvalue weighted by Crippen LogP contribution is 2.26. The molecule has 1 aliphatic rings. The fourth-order valence-electron chi connectivity index (χ4n) is 3.91. The number of benzene rings is 3. The highest BCUT2D eigenvalue weighted by molar-refractivity contribution is 5.93. The zero-order valence-electron chi connectivity index (χ0n) is 22.3. The number of rotatable bonds is 4. The summed E-state index contributed by atoms with van der Waals surface area (Å²) in [6.07, 6.45) is 5.46. The van der Waals surface area contributed by atoms with Gasteiger partial charge in [-0.3, -0.25) is 4.79 Å². The van der Waals surface area contributed by atoms with Crippen LogP contribution in [0.5, 0.6) is 0 Å². The van der Waals surface area contributed by atoms with E-state index in [-0.39, 0.29) is 17.2 Å². The molecule has 0 radical (unpaired) electrons. The number of piperazine rings is 1. The molecule has 1 saturated heterocycles. The minimum absolute atomic E-state index is 0.184. The first-order valence-corrected chi connectivity index (χ1v) is 12.7. The Balaban J connectivity index is 0.000000150. The van der Waals surface area contributed by atoms with Crippen molar-refractivity contribution in [3.8, 4) is 22.5 Å². The zero-order chi connectivity index (χ0) is 30.1. The zero-order valence-corrected chi connectivity index (χ0v) is 22.3. The molecule has 5 aromatic rings. The lowest BCUT2D eigenvalue weighted by Gasteiger charge is -2.29. The predicted molar refractivity (Wildman–Crippen MR) is 145 cm³/mol. The van der Waals surface area contributed by atoms with Crippen LogP contribution in [0.1, 0.15) is 17.3 Å². The molecular weight excluding hydrogens is 559 g/mol. The minimum atomic E-state index is -0.988. The number of aromatic nitrogens is 2. The van der Waals surface area contributed by atoms with Crippen LogP contribution in [-0.4, -0.2) is 41.9 Å². The smallest absolute Gasteiger partial charge is 0.181 e. The van der Waals surface area contributed by atoms with Crippen LogP contribution >= 0.6 is 0 Å². The van der Waals surface area contributed by atoms with Gasteiger partial charge in [0.05, 0.1) is 5.69 Å². The van der Waals surface area contributed by atoms with Gasteiger partial charge < -0.3 is 19.1 Å². The third-order valence-electron chi connectivity index (χ3n) is 6.11. The summed E-state index contributed by atoms with van der Waals surface area (Å²) in [5.41, 5.74) is 3.21. The number of halogens is 5. The minimum Gasteiger partial charge on any atom is -0.451 e. The molecule has 0 spiro atoms. The van der Waals surface area contributed by atoms with Crippen molar-refractivity contribution in [3.05, 3.63) is 115 Å². The maximum atomic E-state index is 14.1. The number of ketones is 1. The van der Waals surface area contributed by atoms with Crippen molar-refractivity contribution in [1.29, 1.82) is 0 Å². The van der Waals surface area contributed by atoms with Crippen LogP contribution in [0.4, 0.5) is 27.6 Å². The molecule has 0 amide bonds. The Kier molecular flexibility index (Phi) is 10.2. The molecule has 0 bridgehead atoms. The molecule has 0 atom stereocenters. The number of hydrogen-bond acceptors (Lipinski definition) is 7. The second-order valence-electron chi connectivity index (χ2n) is 8.96. The normalized spacial score (nSPS) is 12.6. The van der Waals surface area contributed by atoms with Crippen LogP contribution in [0.15, 0.2) is 88.7 Å². The first-order valence-electron chi connectivity index (χ1n) is 12.7. The number of oxazole rings is 2. The van der Waals surface area contributed by atoms with Gasteiger partial charge in [0.15, 0.2) is 41.8 Å². The van der Waals surface area contributed by atoms with E-state index in [4.69, 9.17) is 8.83 Å². The molecule has 3 aromatic carbocycles. The van der Waals surface area contributed by atoms with Crippen LogP contribution in [-0.2, 0) is 0 Å². The van der Waals surface area contributed by atoms with E-state index < -0.39 is 23.3 Å². The molecule has 42 heavy (non-hydrogen) atoms. The van der Waals surface area contributed by atoms with Crippen LogP contribution < -0.4 is 10.2 Å². The number of carbonyl (C=O) groups is 1. The van der Waals surface area contributed by atoms with Crippen molar-refractivity contribution >= 4 is 11.5 Å². The van der Waals surface area contributed by atoms with Gasteiger partial charge in [0.1, 0.15) is 29.7 Å². The van der Waals surface area contributed by atoms with Crippen molar-refractivity contribution in [2.24, 2.45) is 0 Å². The Morgan fingerprint density at radius 2 is 1.24 bits per heavy atom. The monoisotopic (exact) mass is 584 g/mol. The molecule has 7 nitrogen and oxygen atoms in total. The molecule has 0 unspecified atom stereocenters. The van der Waals surface area contributed by atoms with Gasteiger partial charge in [0, 0.05) is 42.9 Å². The average Bonchev–Trinajstić information content (AvgIpc) is 3.73. The molecule has 1 fully saturated rings. The number of nitrogens with one attached hydrogen (secondary N) is 1. The summed E-state index contributed by atoms with van der Waals surface area (Å²) in [7, 11) is 0. The fraction of sp³-hybridized carbons (Fsp3) is 0.167. The van der Waals surface area contributed by atoms with Crippen molar-refractivity contribution in [2.75, 3.05) is 31.1 Å². The van der Waals surface area contributed by atoms with E-state index in [0.29, 0.717) is 22.6 Å². The summed E-state index contributed by atoms with van der Waals surface area (Å²) in [4.78, 5) is 20.5. The SMILES string of the molecule is CC(=O)c1ccc(F)c(F)c1.Fc1cc(-c2cocn2)ccc1N1CCNCC1.Fc1ccc(-c2cocn2)cc1F. The van der Waals surface area contributed by atoms with Gasteiger partial charge >= 0.3 is 0 Å². The molecule has 0 aliphatic carbocycles. The van der Waals surface area contributed by atoms with E-state index in [1.54, 1.807) is 0 Å². The van der Waals surface area contributed by atoms with E-state index in [2.05, 4.69) is 20.2 Å². The van der Waals surface area contributed by atoms with Crippen LogP contribution in [0.3, 0.4) is 0 Å². The topological polar surface area (TPSA) is 84.4 Å². The van der Waals surface area contributed by atoms with Gasteiger partial charge in [-0.25, -0.2) is 31.9 Å². The average molecular weight is 585 g/mol. The van der Waals surface area contributed by atoms with E-state index >= 15 is 0 Å². The second-order valence-corrected chi connectivity index (χ2v) is 8.96. The third kappa shape index (κ3) is 7.88. The van der Waals surface area contributed by atoms with Gasteiger partial charge in [-0.1, -0.05) is 6.07 Å². The summed E-state index contributed by atoms with van der Waals surface area (Å²) in [5.74, 6) is -4.17. The van der Waals surface area contributed by atoms with Crippen molar-refractivity contribution < 1.29 is 35.6 Å². The number of nitrogens with zero attached hydrogens (tertiary/aromatic N) is 3. The van der Waals surface area contributed by atoms with Gasteiger partial charge in [0.2, 0.25) is 0 Å². The van der Waals surface area contributed by atoms with E-state index in [1.165, 1.54) is 50.4 Å². The lowest BCUT2D eigenvalue weighted by molar-refractivity contribution is 0.101. The number of carbonyl (C=O) groups excluding carboxylic acids is 1. The highest BCUT2D eigenvalue weighted by atomic mass is 19.2. The summed E-state index contributed by atoms with van der Waals surface area (Å²) < 4.78 is 73.7. The third-order valence-corrected chi connectivity index (χ3v) is 6.11. The molecule has 1 aliphatic heterocycles. The molecule has 0 saturated carbocycles. The number of anilines is 1. The molecular formula is C30H25F5N4O3. The van der Waals surface area contributed by atoms with Crippen LogP contribution in [0, 0.1) is 29.1 Å². The Hall–Kier alpha value is -4.84. The maximum absolute atomic E-state index is 14.1. The lowest BCUT2D eigenvalue weighted by Crippen LogP contribution is -2.43. The Bertz CT molecular complexity index is 1610. The first kappa shape index (κ1) is 30.1. The van der Waals surface area contributed by atoms with Gasteiger partial charge in [-0.05, 0) is 55.5 Å². The summed E-state index contributed by atoms with van der Waals surface area (Å²) in [5, 5.41) is 3.25. The van der Waals surface area contributed by atoms with E-state index in [9.17, 15) is 26.7 Å². The Morgan fingerprint density at radius 3 is 1.71 bits per heavy atom. The summed E-state index contributed by atoms with van der Waals surface area (Å²) >= 11 is 0. The van der Waals surface area contributed by atoms with Crippen LogP contribution in [0.25, 0.3) is 22.5 Å². The second kappa shape index (κ2) is 14.2. The Labute approximate surface area is 237 Å². The summed E-state index contributed by atoms with van der Waals surface area (Å²) in [6, 6.07) is 11.8. The number of Topliss-reactive ketones (excluding diaryl/α,β-unsaturated/α-hetero) is 1. The van der Waals surface area contributed by atoms with Crippen molar-refractivity contribution in [3.63, 3.8) is 0 Å². The van der Waals surface area contributed by atoms with E-state index in [1.807, 2.05) is 12.1 Å². The molecule has 12 heteroatoms. The lowest BCUT2D eigenvalue weighted by atomic mass is 10.1. The number of hydrogen-bond donors (Lipinski definition) is 1. The summed E-state index contributed by atoms with van der Waals surface area (Å²) in [6.45, 7) is 4.75. The van der Waals surface area contributed by atoms with Gasteiger partial charge in [-0.15, -0.1) is 0 Å². The predicted octanol–water partition coefficient (Wildman–Crippen LogP) is 6.68. The molecule has 6 rings (SSSR count).